The molecule has 2 saturated heterocycles. The van der Waals surface area contributed by atoms with E-state index in [1.807, 2.05) is 67.7 Å². The van der Waals surface area contributed by atoms with Gasteiger partial charge in [-0.25, -0.2) is 4.79 Å². The van der Waals surface area contributed by atoms with E-state index < -0.39 is 18.4 Å². The Bertz CT molecular complexity index is 1370. The van der Waals surface area contributed by atoms with Gasteiger partial charge in [-0.2, -0.15) is 0 Å². The van der Waals surface area contributed by atoms with Crippen molar-refractivity contribution in [3.63, 3.8) is 0 Å². The fourth-order valence-corrected chi connectivity index (χ4v) is 5.62. The van der Waals surface area contributed by atoms with Gasteiger partial charge < -0.3 is 40.0 Å². The van der Waals surface area contributed by atoms with Crippen LogP contribution in [0.2, 0.25) is 0 Å². The van der Waals surface area contributed by atoms with Crippen LogP contribution in [0, 0.1) is 5.92 Å². The first kappa shape index (κ1) is 30.5. The van der Waals surface area contributed by atoms with Crippen molar-refractivity contribution in [2.75, 3.05) is 39.9 Å². The van der Waals surface area contributed by atoms with E-state index in [1.165, 1.54) is 0 Å². The molecule has 5 rings (SSSR count). The summed E-state index contributed by atoms with van der Waals surface area (Å²) in [7, 11) is 1.69. The summed E-state index contributed by atoms with van der Waals surface area (Å²) in [6.07, 6.45) is 2.17. The normalized spacial score (nSPS) is 20.6. The van der Waals surface area contributed by atoms with Gasteiger partial charge in [0, 0.05) is 36.0 Å². The van der Waals surface area contributed by atoms with Crippen LogP contribution in [0.1, 0.15) is 36.8 Å². The molecule has 1 aromatic heterocycles. The summed E-state index contributed by atoms with van der Waals surface area (Å²) in [5.41, 5.74) is 2.83. The number of hydrogen-bond acceptors (Lipinski definition) is 7. The number of fused-ring (bicyclic) bond motifs is 1. The molecule has 11 heteroatoms. The van der Waals surface area contributed by atoms with Gasteiger partial charge in [0.15, 0.2) is 6.29 Å². The third-order valence-electron chi connectivity index (χ3n) is 8.19. The Morgan fingerprint density at radius 1 is 1.02 bits per heavy atom. The molecule has 2 aromatic carbocycles. The van der Waals surface area contributed by atoms with Crippen LogP contribution in [0.5, 0.6) is 0 Å². The van der Waals surface area contributed by atoms with Crippen LogP contribution in [0.4, 0.5) is 4.79 Å². The molecule has 0 aliphatic carbocycles. The number of likely N-dealkylation sites (N-methyl/N-ethyl adjacent to an activating group) is 1. The molecule has 11 nitrogen and oxygen atoms in total. The summed E-state index contributed by atoms with van der Waals surface area (Å²) >= 11 is 0. The number of hydrogen-bond donors (Lipinski definition) is 4. The lowest BCUT2D eigenvalue weighted by Crippen LogP contribution is -2.54. The van der Waals surface area contributed by atoms with Crippen LogP contribution >= 0.6 is 0 Å². The summed E-state index contributed by atoms with van der Waals surface area (Å²) in [5.74, 6) is -0.749. The Balaban J connectivity index is 1.17. The lowest BCUT2D eigenvalue weighted by Gasteiger charge is -2.34. The molecule has 4 N–H and O–H groups in total. The molecule has 0 bridgehead atoms. The van der Waals surface area contributed by atoms with Crippen LogP contribution in [0.25, 0.3) is 10.9 Å². The van der Waals surface area contributed by atoms with E-state index in [-0.39, 0.29) is 56.1 Å². The topological polar surface area (TPSA) is 134 Å². The molecule has 0 saturated carbocycles. The second-order valence-electron chi connectivity index (χ2n) is 11.3. The number of amides is 3. The number of rotatable bonds is 10. The number of nitrogens with one attached hydrogen (secondary N) is 4. The molecule has 1 unspecified atom stereocenters. The lowest BCUT2D eigenvalue weighted by molar-refractivity contribution is -0.196. The number of carbonyl (C=O) groups excluding carboxylic acids is 3. The van der Waals surface area contributed by atoms with E-state index in [0.717, 1.165) is 48.0 Å². The Labute approximate surface area is 251 Å². The third kappa shape index (κ3) is 7.92. The molecule has 2 aliphatic heterocycles. The highest BCUT2D eigenvalue weighted by molar-refractivity contribution is 5.91. The highest BCUT2D eigenvalue weighted by Crippen LogP contribution is 2.29. The molecule has 2 aliphatic rings. The number of aromatic nitrogens is 1. The summed E-state index contributed by atoms with van der Waals surface area (Å²) in [6.45, 7) is 4.31. The Kier molecular flexibility index (Phi) is 10.3. The van der Waals surface area contributed by atoms with E-state index in [4.69, 9.17) is 14.2 Å². The summed E-state index contributed by atoms with van der Waals surface area (Å²) in [6, 6.07) is 16.2. The van der Waals surface area contributed by atoms with E-state index >= 15 is 0 Å². The van der Waals surface area contributed by atoms with Crippen molar-refractivity contribution in [3.8, 4) is 0 Å². The van der Waals surface area contributed by atoms with E-state index in [0.29, 0.717) is 0 Å². The van der Waals surface area contributed by atoms with Crippen molar-refractivity contribution in [2.45, 2.75) is 50.7 Å². The molecule has 3 aromatic rings. The van der Waals surface area contributed by atoms with Gasteiger partial charge in [0.1, 0.15) is 12.6 Å². The van der Waals surface area contributed by atoms with Crippen LogP contribution in [0.3, 0.4) is 0 Å². The number of ether oxygens (including phenoxy) is 3. The van der Waals surface area contributed by atoms with Gasteiger partial charge >= 0.3 is 6.09 Å². The number of H-pyrrole nitrogens is 1. The molecule has 230 valence electrons. The number of para-hydroxylation sites is 1. The fraction of sp³-hybridized carbons (Fsp3) is 0.469. The minimum atomic E-state index is -0.774. The quantitative estimate of drug-likeness (QED) is 0.285. The summed E-state index contributed by atoms with van der Waals surface area (Å²) in [4.78, 5) is 44.3. The Morgan fingerprint density at radius 3 is 2.47 bits per heavy atom. The largest absolute Gasteiger partial charge is 0.445 e. The Morgan fingerprint density at radius 2 is 1.72 bits per heavy atom. The highest BCUT2D eigenvalue weighted by atomic mass is 16.7. The van der Waals surface area contributed by atoms with Crippen molar-refractivity contribution in [1.82, 2.24) is 25.8 Å². The van der Waals surface area contributed by atoms with Crippen LogP contribution in [-0.2, 0) is 30.4 Å². The maximum Gasteiger partial charge on any atom is 0.407 e. The number of benzene rings is 2. The van der Waals surface area contributed by atoms with E-state index in [9.17, 15) is 14.4 Å². The summed E-state index contributed by atoms with van der Waals surface area (Å²) < 4.78 is 17.0. The van der Waals surface area contributed by atoms with Gasteiger partial charge in [0.2, 0.25) is 11.8 Å². The van der Waals surface area contributed by atoms with Crippen LogP contribution < -0.4 is 16.0 Å². The lowest BCUT2D eigenvalue weighted by atomic mass is 9.90. The molecule has 3 heterocycles. The molecule has 0 spiro atoms. The minimum absolute atomic E-state index is 0.0989. The predicted molar refractivity (Wildman–Crippen MR) is 161 cm³/mol. The number of aromatic amines is 1. The average Bonchev–Trinajstić information content (AvgIpc) is 3.48. The van der Waals surface area contributed by atoms with Gasteiger partial charge in [0.05, 0.1) is 25.8 Å². The van der Waals surface area contributed by atoms with Gasteiger partial charge in [0.25, 0.3) is 0 Å². The van der Waals surface area contributed by atoms with E-state index in [2.05, 4.69) is 20.9 Å². The molecule has 0 radical (unpaired) electrons. The number of alkyl carbamates (subject to hydrolysis) is 1. The highest BCUT2D eigenvalue weighted by Gasteiger charge is 2.35. The zero-order valence-corrected chi connectivity index (χ0v) is 24.7. The zero-order valence-electron chi connectivity index (χ0n) is 24.7. The number of piperidine rings is 1. The average molecular weight is 592 g/mol. The first-order valence-corrected chi connectivity index (χ1v) is 14.9. The maximum absolute atomic E-state index is 13.9. The third-order valence-corrected chi connectivity index (χ3v) is 8.19. The molecule has 43 heavy (non-hydrogen) atoms. The van der Waals surface area contributed by atoms with Gasteiger partial charge in [-0.3, -0.25) is 9.59 Å². The van der Waals surface area contributed by atoms with Crippen LogP contribution in [0.15, 0.2) is 60.8 Å². The van der Waals surface area contributed by atoms with Gasteiger partial charge in [-0.1, -0.05) is 55.5 Å². The Hall–Kier alpha value is -3.93. The second kappa shape index (κ2) is 14.5. The second-order valence-corrected chi connectivity index (χ2v) is 11.3. The molecule has 2 atom stereocenters. The molecule has 3 amide bonds. The molecule has 2 fully saturated rings. The molecular weight excluding hydrogens is 550 g/mol. The standard InChI is InChI=1S/C32H41N5O6/c1-21(26-16-34-27-11-7-6-10-25(26)27)29(36-30(38)23-12-14-33-15-13-23)31(39)37(2)17-28-41-19-24(20-42-28)35-32(40)43-18-22-8-4-3-5-9-22/h3-11,16,21,23-24,28-29,33-34H,12-15,17-20H2,1-2H3,(H,35,40)(H,36,38)/t21-,24?,28?,29?/m0/s1. The smallest absolute Gasteiger partial charge is 0.407 e. The van der Waals surface area contributed by atoms with Gasteiger partial charge in [-0.15, -0.1) is 0 Å². The van der Waals surface area contributed by atoms with Crippen LogP contribution in [-0.4, -0.2) is 86.1 Å². The van der Waals surface area contributed by atoms with E-state index in [1.54, 1.807) is 11.9 Å². The monoisotopic (exact) mass is 591 g/mol. The number of carbonyl (C=O) groups is 3. The van der Waals surface area contributed by atoms with Crippen molar-refractivity contribution >= 4 is 28.8 Å². The van der Waals surface area contributed by atoms with Crippen molar-refractivity contribution in [3.05, 3.63) is 71.9 Å². The maximum atomic E-state index is 13.9. The predicted octanol–water partition coefficient (Wildman–Crippen LogP) is 2.88. The minimum Gasteiger partial charge on any atom is -0.445 e. The zero-order chi connectivity index (χ0) is 30.2. The first-order chi connectivity index (χ1) is 20.9. The fourth-order valence-electron chi connectivity index (χ4n) is 5.62. The SMILES string of the molecule is C[C@@H](c1c[nH]c2ccccc12)C(NC(=O)C1CCNCC1)C(=O)N(C)CC1OCC(NC(=O)OCc2ccccc2)CO1. The molecular formula is C32H41N5O6. The van der Waals surface area contributed by atoms with Gasteiger partial charge in [-0.05, 0) is 43.1 Å². The first-order valence-electron chi connectivity index (χ1n) is 14.9. The summed E-state index contributed by atoms with van der Waals surface area (Å²) in [5, 5.41) is 10.2. The van der Waals surface area contributed by atoms with Crippen molar-refractivity contribution in [2.24, 2.45) is 5.92 Å². The number of nitrogens with zero attached hydrogens (tertiary/aromatic N) is 1. The van der Waals surface area contributed by atoms with Crippen molar-refractivity contribution in [1.29, 1.82) is 0 Å². The van der Waals surface area contributed by atoms with Crippen molar-refractivity contribution < 1.29 is 28.6 Å².